The van der Waals surface area contributed by atoms with Crippen LogP contribution in [0.15, 0.2) is 0 Å². The molecule has 2 N–H and O–H groups in total. The molecule has 0 amide bonds. The van der Waals surface area contributed by atoms with Gasteiger partial charge in [0, 0.05) is 12.3 Å². The molecular formula is C16H31NO2S. The zero-order valence-electron chi connectivity index (χ0n) is 12.9. The van der Waals surface area contributed by atoms with E-state index in [0.717, 1.165) is 25.7 Å². The van der Waals surface area contributed by atoms with Gasteiger partial charge >= 0.3 is 0 Å². The molecule has 2 saturated carbocycles. The maximum absolute atomic E-state index is 11.8. The Bertz CT molecular complexity index is 385. The molecule has 0 aliphatic heterocycles. The molecule has 20 heavy (non-hydrogen) atoms. The van der Waals surface area contributed by atoms with Gasteiger partial charge in [-0.3, -0.25) is 0 Å². The van der Waals surface area contributed by atoms with Crippen LogP contribution in [0.1, 0.15) is 70.6 Å². The third kappa shape index (κ3) is 4.45. The Balaban J connectivity index is 1.94. The molecule has 2 fully saturated rings. The summed E-state index contributed by atoms with van der Waals surface area (Å²) in [6.07, 6.45) is 14.4. The third-order valence-corrected chi connectivity index (χ3v) is 7.15. The number of hydrogen-bond donors (Lipinski definition) is 1. The van der Waals surface area contributed by atoms with E-state index < -0.39 is 9.84 Å². The van der Waals surface area contributed by atoms with Gasteiger partial charge < -0.3 is 5.73 Å². The van der Waals surface area contributed by atoms with Crippen LogP contribution in [0.25, 0.3) is 0 Å². The molecule has 2 aliphatic carbocycles. The average Bonchev–Trinajstić information content (AvgIpc) is 2.37. The van der Waals surface area contributed by atoms with E-state index in [1.807, 2.05) is 0 Å². The van der Waals surface area contributed by atoms with E-state index in [2.05, 4.69) is 0 Å². The van der Waals surface area contributed by atoms with Crippen LogP contribution in [0.2, 0.25) is 0 Å². The molecule has 2 rings (SSSR count). The quantitative estimate of drug-likeness (QED) is 0.870. The zero-order valence-corrected chi connectivity index (χ0v) is 13.7. The van der Waals surface area contributed by atoms with Gasteiger partial charge in [-0.15, -0.1) is 0 Å². The number of hydrogen-bond acceptors (Lipinski definition) is 3. The van der Waals surface area contributed by atoms with Crippen LogP contribution >= 0.6 is 0 Å². The first kappa shape index (κ1) is 16.3. The van der Waals surface area contributed by atoms with Crippen molar-refractivity contribution in [2.45, 2.75) is 81.9 Å². The lowest BCUT2D eigenvalue weighted by Gasteiger charge is -2.36. The highest BCUT2D eigenvalue weighted by Gasteiger charge is 2.34. The van der Waals surface area contributed by atoms with E-state index in [4.69, 9.17) is 5.73 Å². The minimum absolute atomic E-state index is 0.138. The van der Waals surface area contributed by atoms with Crippen LogP contribution in [-0.4, -0.2) is 26.0 Å². The SMILES string of the molecule is CS(=O)(=O)C1CCCC(C(N)C2CCCCCCC2)C1. The summed E-state index contributed by atoms with van der Waals surface area (Å²) in [5.41, 5.74) is 6.55. The lowest BCUT2D eigenvalue weighted by atomic mass is 9.75. The zero-order chi connectivity index (χ0) is 14.6. The Hall–Kier alpha value is -0.0900. The molecule has 0 saturated heterocycles. The van der Waals surface area contributed by atoms with Crippen LogP contribution in [0.4, 0.5) is 0 Å². The minimum atomic E-state index is -2.89. The molecule has 0 bridgehead atoms. The van der Waals surface area contributed by atoms with Gasteiger partial charge in [-0.25, -0.2) is 8.42 Å². The predicted octanol–water partition coefficient (Wildman–Crippen LogP) is 3.28. The Labute approximate surface area is 124 Å². The predicted molar refractivity (Wildman–Crippen MR) is 84.4 cm³/mol. The third-order valence-electron chi connectivity index (χ3n) is 5.51. The van der Waals surface area contributed by atoms with Crippen LogP contribution in [-0.2, 0) is 9.84 Å². The summed E-state index contributed by atoms with van der Waals surface area (Å²) in [6.45, 7) is 0. The maximum atomic E-state index is 11.8. The Morgan fingerprint density at radius 1 is 0.850 bits per heavy atom. The highest BCUT2D eigenvalue weighted by Crippen LogP contribution is 2.35. The van der Waals surface area contributed by atoms with Crippen molar-refractivity contribution in [1.29, 1.82) is 0 Å². The van der Waals surface area contributed by atoms with E-state index in [9.17, 15) is 8.42 Å². The first-order valence-electron chi connectivity index (χ1n) is 8.43. The minimum Gasteiger partial charge on any atom is -0.327 e. The van der Waals surface area contributed by atoms with Crippen LogP contribution in [0, 0.1) is 11.8 Å². The largest absolute Gasteiger partial charge is 0.327 e. The number of rotatable bonds is 3. The summed E-state index contributed by atoms with van der Waals surface area (Å²) in [6, 6.07) is 0.220. The smallest absolute Gasteiger partial charge is 0.150 e. The van der Waals surface area contributed by atoms with E-state index in [1.54, 1.807) is 0 Å². The van der Waals surface area contributed by atoms with Crippen molar-refractivity contribution in [3.63, 3.8) is 0 Å². The molecule has 2 aliphatic rings. The number of nitrogens with two attached hydrogens (primary N) is 1. The molecule has 4 heteroatoms. The molecule has 3 atom stereocenters. The Morgan fingerprint density at radius 2 is 1.40 bits per heavy atom. The van der Waals surface area contributed by atoms with Crippen molar-refractivity contribution in [3.8, 4) is 0 Å². The second kappa shape index (κ2) is 7.26. The van der Waals surface area contributed by atoms with Crippen LogP contribution < -0.4 is 5.73 Å². The van der Waals surface area contributed by atoms with Crippen molar-refractivity contribution in [2.75, 3.05) is 6.26 Å². The fourth-order valence-corrected chi connectivity index (χ4v) is 5.37. The van der Waals surface area contributed by atoms with Gasteiger partial charge in [0.2, 0.25) is 0 Å². The molecule has 118 valence electrons. The molecule has 0 aromatic heterocycles. The van der Waals surface area contributed by atoms with Gasteiger partial charge in [0.05, 0.1) is 5.25 Å². The van der Waals surface area contributed by atoms with Crippen LogP contribution in [0.5, 0.6) is 0 Å². The highest BCUT2D eigenvalue weighted by molar-refractivity contribution is 7.91. The van der Waals surface area contributed by atoms with Gasteiger partial charge in [0.15, 0.2) is 0 Å². The van der Waals surface area contributed by atoms with Crippen molar-refractivity contribution in [3.05, 3.63) is 0 Å². The fraction of sp³-hybridized carbons (Fsp3) is 1.00. The standard InChI is InChI=1S/C16H31NO2S/c1-20(18,19)15-11-7-10-14(12-15)16(17)13-8-5-3-2-4-6-9-13/h13-16H,2-12,17H2,1H3. The summed E-state index contributed by atoms with van der Waals surface area (Å²) in [5.74, 6) is 1.05. The van der Waals surface area contributed by atoms with Crippen LogP contribution in [0.3, 0.4) is 0 Å². The first-order chi connectivity index (χ1) is 9.48. The van der Waals surface area contributed by atoms with Gasteiger partial charge in [0.1, 0.15) is 9.84 Å². The lowest BCUT2D eigenvalue weighted by Crippen LogP contribution is -2.42. The summed E-state index contributed by atoms with van der Waals surface area (Å²) in [4.78, 5) is 0. The molecule has 0 aromatic carbocycles. The molecular weight excluding hydrogens is 270 g/mol. The highest BCUT2D eigenvalue weighted by atomic mass is 32.2. The van der Waals surface area contributed by atoms with Gasteiger partial charge in [-0.05, 0) is 43.9 Å². The van der Waals surface area contributed by atoms with Crippen molar-refractivity contribution in [1.82, 2.24) is 0 Å². The summed E-state index contributed by atoms with van der Waals surface area (Å²) >= 11 is 0. The number of sulfone groups is 1. The van der Waals surface area contributed by atoms with Crippen molar-refractivity contribution < 1.29 is 8.42 Å². The average molecular weight is 301 g/mol. The van der Waals surface area contributed by atoms with E-state index in [0.29, 0.717) is 11.8 Å². The molecule has 0 aromatic rings. The van der Waals surface area contributed by atoms with Crippen molar-refractivity contribution in [2.24, 2.45) is 17.6 Å². The molecule has 3 unspecified atom stereocenters. The normalized spacial score (nSPS) is 32.3. The summed E-state index contributed by atoms with van der Waals surface area (Å²) in [5, 5.41) is -0.138. The molecule has 0 heterocycles. The van der Waals surface area contributed by atoms with E-state index in [-0.39, 0.29) is 11.3 Å². The molecule has 0 radical (unpaired) electrons. The van der Waals surface area contributed by atoms with Gasteiger partial charge in [-0.2, -0.15) is 0 Å². The lowest BCUT2D eigenvalue weighted by molar-refractivity contribution is 0.215. The molecule has 0 spiro atoms. The second-order valence-corrected chi connectivity index (χ2v) is 9.39. The Morgan fingerprint density at radius 3 is 2.00 bits per heavy atom. The van der Waals surface area contributed by atoms with E-state index >= 15 is 0 Å². The Kier molecular flexibility index (Phi) is 5.91. The monoisotopic (exact) mass is 301 g/mol. The summed E-state index contributed by atoms with van der Waals surface area (Å²) in [7, 11) is -2.89. The maximum Gasteiger partial charge on any atom is 0.150 e. The molecule has 3 nitrogen and oxygen atoms in total. The topological polar surface area (TPSA) is 60.2 Å². The first-order valence-corrected chi connectivity index (χ1v) is 10.4. The van der Waals surface area contributed by atoms with Gasteiger partial charge in [-0.1, -0.05) is 38.5 Å². The van der Waals surface area contributed by atoms with E-state index in [1.165, 1.54) is 51.2 Å². The second-order valence-electron chi connectivity index (χ2n) is 7.06. The summed E-state index contributed by atoms with van der Waals surface area (Å²) < 4.78 is 23.6. The van der Waals surface area contributed by atoms with Crippen molar-refractivity contribution >= 4 is 9.84 Å². The van der Waals surface area contributed by atoms with Gasteiger partial charge in [0.25, 0.3) is 0 Å². The fourth-order valence-electron chi connectivity index (χ4n) is 4.18.